The molecule has 1 aliphatic heterocycles. The van der Waals surface area contributed by atoms with Gasteiger partial charge in [-0.05, 0) is 24.2 Å². The summed E-state index contributed by atoms with van der Waals surface area (Å²) in [6, 6.07) is -0.370. The smallest absolute Gasteiger partial charge is 0.240 e. The van der Waals surface area contributed by atoms with E-state index in [1.165, 1.54) is 6.42 Å². The summed E-state index contributed by atoms with van der Waals surface area (Å²) in [4.78, 5) is 14.1. The number of carbonyl (C=O) groups is 1. The molecule has 0 bridgehead atoms. The highest BCUT2D eigenvalue weighted by Crippen LogP contribution is 2.23. The Hall–Kier alpha value is -0.280. The van der Waals surface area contributed by atoms with Crippen LogP contribution in [0.25, 0.3) is 0 Å². The molecule has 0 spiro atoms. The quantitative estimate of drug-likeness (QED) is 0.831. The van der Waals surface area contributed by atoms with Gasteiger partial charge in [0.1, 0.15) is 0 Å². The van der Waals surface area contributed by atoms with Gasteiger partial charge in [-0.15, -0.1) is 12.4 Å². The van der Waals surface area contributed by atoms with Gasteiger partial charge in [-0.3, -0.25) is 4.79 Å². The van der Waals surface area contributed by atoms with Gasteiger partial charge in [-0.25, -0.2) is 0 Å². The van der Waals surface area contributed by atoms with Crippen molar-refractivity contribution in [3.8, 4) is 0 Å². The van der Waals surface area contributed by atoms with Crippen molar-refractivity contribution in [1.29, 1.82) is 0 Å². The largest absolute Gasteiger partial charge is 0.341 e. The maximum atomic E-state index is 12.1. The fourth-order valence-electron chi connectivity index (χ4n) is 2.13. The van der Waals surface area contributed by atoms with Crippen LogP contribution in [0.2, 0.25) is 0 Å². The third kappa shape index (κ3) is 4.47. The second-order valence-corrected chi connectivity index (χ2v) is 6.02. The maximum Gasteiger partial charge on any atom is 0.240 e. The number of hydrogen-bond acceptors (Lipinski definition) is 2. The fraction of sp³-hybridized carbons (Fsp3) is 0.923. The normalized spacial score (nSPS) is 19.7. The molecule has 1 saturated heterocycles. The zero-order chi connectivity index (χ0) is 12.3. The molecule has 1 heterocycles. The molecular weight excluding hydrogens is 236 g/mol. The van der Waals surface area contributed by atoms with E-state index in [1.807, 2.05) is 25.7 Å². The van der Waals surface area contributed by atoms with E-state index in [9.17, 15) is 4.79 Å². The molecule has 1 rings (SSSR count). The Morgan fingerprint density at radius 1 is 1.35 bits per heavy atom. The van der Waals surface area contributed by atoms with Crippen molar-refractivity contribution in [3.05, 3.63) is 0 Å². The summed E-state index contributed by atoms with van der Waals surface area (Å²) in [5.41, 5.74) is 5.86. The van der Waals surface area contributed by atoms with Crippen molar-refractivity contribution in [3.63, 3.8) is 0 Å². The zero-order valence-electron chi connectivity index (χ0n) is 11.5. The molecule has 0 aliphatic carbocycles. The zero-order valence-corrected chi connectivity index (χ0v) is 12.3. The van der Waals surface area contributed by atoms with Crippen LogP contribution in [0.15, 0.2) is 0 Å². The van der Waals surface area contributed by atoms with Gasteiger partial charge in [0.15, 0.2) is 0 Å². The third-order valence-corrected chi connectivity index (χ3v) is 3.70. The Bertz CT molecular complexity index is 242. The van der Waals surface area contributed by atoms with E-state index in [-0.39, 0.29) is 29.8 Å². The number of amides is 1. The first-order valence-corrected chi connectivity index (χ1v) is 6.40. The fourth-order valence-corrected chi connectivity index (χ4v) is 2.13. The minimum absolute atomic E-state index is 0. The molecule has 0 aromatic carbocycles. The van der Waals surface area contributed by atoms with Crippen LogP contribution < -0.4 is 5.73 Å². The van der Waals surface area contributed by atoms with Crippen molar-refractivity contribution in [2.75, 3.05) is 13.1 Å². The number of halogens is 1. The average Bonchev–Trinajstić information content (AvgIpc) is 2.26. The topological polar surface area (TPSA) is 46.3 Å². The first-order chi connectivity index (χ1) is 7.36. The average molecular weight is 263 g/mol. The second-order valence-electron chi connectivity index (χ2n) is 6.02. The predicted octanol–water partition coefficient (Wildman–Crippen LogP) is 2.43. The summed E-state index contributed by atoms with van der Waals surface area (Å²) in [6.45, 7) is 10.1. The Kier molecular flexibility index (Phi) is 6.49. The Labute approximate surface area is 112 Å². The van der Waals surface area contributed by atoms with Gasteiger partial charge in [0.05, 0.1) is 6.04 Å². The number of carbonyl (C=O) groups excluding carboxylic acids is 1. The Morgan fingerprint density at radius 2 is 1.82 bits per heavy atom. The monoisotopic (exact) mass is 262 g/mol. The number of piperidine rings is 1. The van der Waals surface area contributed by atoms with Crippen LogP contribution >= 0.6 is 12.4 Å². The van der Waals surface area contributed by atoms with Gasteiger partial charge >= 0.3 is 0 Å². The van der Waals surface area contributed by atoms with Gasteiger partial charge < -0.3 is 10.6 Å². The van der Waals surface area contributed by atoms with Crippen LogP contribution in [0, 0.1) is 11.3 Å². The lowest BCUT2D eigenvalue weighted by atomic mass is 9.85. The van der Waals surface area contributed by atoms with Crippen LogP contribution in [0.4, 0.5) is 0 Å². The molecule has 1 amide bonds. The van der Waals surface area contributed by atoms with Gasteiger partial charge in [-0.1, -0.05) is 34.1 Å². The molecular formula is C13H27ClN2O. The van der Waals surface area contributed by atoms with Gasteiger partial charge in [-0.2, -0.15) is 0 Å². The summed E-state index contributed by atoms with van der Waals surface area (Å²) in [5, 5.41) is 0. The maximum absolute atomic E-state index is 12.1. The van der Waals surface area contributed by atoms with E-state index in [0.29, 0.717) is 0 Å². The van der Waals surface area contributed by atoms with Crippen LogP contribution in [0.3, 0.4) is 0 Å². The predicted molar refractivity (Wildman–Crippen MR) is 74.3 cm³/mol. The number of nitrogens with two attached hydrogens (primary N) is 1. The molecule has 1 atom stereocenters. The molecule has 2 N–H and O–H groups in total. The molecule has 1 fully saturated rings. The van der Waals surface area contributed by atoms with E-state index in [0.717, 1.165) is 31.8 Å². The van der Waals surface area contributed by atoms with E-state index in [1.54, 1.807) is 0 Å². The molecule has 1 aliphatic rings. The molecule has 0 aromatic rings. The lowest BCUT2D eigenvalue weighted by Crippen LogP contribution is -2.52. The van der Waals surface area contributed by atoms with Crippen LogP contribution in [-0.4, -0.2) is 29.9 Å². The van der Waals surface area contributed by atoms with Crippen LogP contribution in [0.1, 0.15) is 47.0 Å². The molecule has 4 heteroatoms. The summed E-state index contributed by atoms with van der Waals surface area (Å²) >= 11 is 0. The molecule has 17 heavy (non-hydrogen) atoms. The van der Waals surface area contributed by atoms with Gasteiger partial charge in [0, 0.05) is 13.1 Å². The summed E-state index contributed by atoms with van der Waals surface area (Å²) in [5.74, 6) is 0.928. The SMILES string of the molecule is CCC1CCN(C(=O)[C@@H](N)C(C)(C)C)CC1.Cl. The van der Waals surface area contributed by atoms with Crippen molar-refractivity contribution in [2.45, 2.75) is 53.0 Å². The third-order valence-electron chi connectivity index (χ3n) is 3.70. The summed E-state index contributed by atoms with van der Waals surface area (Å²) in [7, 11) is 0. The van der Waals surface area contributed by atoms with Crippen LogP contribution in [-0.2, 0) is 4.79 Å². The van der Waals surface area contributed by atoms with E-state index >= 15 is 0 Å². The van der Waals surface area contributed by atoms with Crippen molar-refractivity contribution >= 4 is 18.3 Å². The van der Waals surface area contributed by atoms with Crippen molar-refractivity contribution < 1.29 is 4.79 Å². The first-order valence-electron chi connectivity index (χ1n) is 6.40. The van der Waals surface area contributed by atoms with Crippen molar-refractivity contribution in [2.24, 2.45) is 17.1 Å². The summed E-state index contributed by atoms with van der Waals surface area (Å²) < 4.78 is 0. The standard InChI is InChI=1S/C13H26N2O.ClH/c1-5-10-6-8-15(9-7-10)12(16)11(14)13(2,3)4;/h10-11H,5-9,14H2,1-4H3;1H/t11-;/m1./s1. The van der Waals surface area contributed by atoms with E-state index in [2.05, 4.69) is 6.92 Å². The molecule has 0 aromatic heterocycles. The highest BCUT2D eigenvalue weighted by molar-refractivity contribution is 5.85. The first kappa shape index (κ1) is 16.7. The number of likely N-dealkylation sites (tertiary alicyclic amines) is 1. The number of hydrogen-bond donors (Lipinski definition) is 1. The minimum atomic E-state index is -0.370. The van der Waals surface area contributed by atoms with E-state index < -0.39 is 0 Å². The molecule has 102 valence electrons. The second kappa shape index (κ2) is 6.60. The number of nitrogens with zero attached hydrogens (tertiary/aromatic N) is 1. The minimum Gasteiger partial charge on any atom is -0.341 e. The molecule has 0 unspecified atom stereocenters. The van der Waals surface area contributed by atoms with Crippen molar-refractivity contribution in [1.82, 2.24) is 4.90 Å². The van der Waals surface area contributed by atoms with Gasteiger partial charge in [0.2, 0.25) is 5.91 Å². The molecule has 3 nitrogen and oxygen atoms in total. The molecule has 0 saturated carbocycles. The molecule has 0 radical (unpaired) electrons. The highest BCUT2D eigenvalue weighted by atomic mass is 35.5. The van der Waals surface area contributed by atoms with E-state index in [4.69, 9.17) is 5.73 Å². The lowest BCUT2D eigenvalue weighted by Gasteiger charge is -2.36. The summed E-state index contributed by atoms with van der Waals surface area (Å²) in [6.07, 6.45) is 3.51. The Balaban J connectivity index is 0.00000256. The number of rotatable bonds is 2. The lowest BCUT2D eigenvalue weighted by molar-refractivity contribution is -0.136. The Morgan fingerprint density at radius 3 is 2.18 bits per heavy atom. The van der Waals surface area contributed by atoms with Crippen LogP contribution in [0.5, 0.6) is 0 Å². The highest BCUT2D eigenvalue weighted by Gasteiger charge is 2.32. The van der Waals surface area contributed by atoms with Gasteiger partial charge in [0.25, 0.3) is 0 Å².